The first-order chi connectivity index (χ1) is 9.93. The van der Waals surface area contributed by atoms with E-state index in [1.807, 2.05) is 6.92 Å². The van der Waals surface area contributed by atoms with Crippen LogP contribution in [0.25, 0.3) is 0 Å². The predicted octanol–water partition coefficient (Wildman–Crippen LogP) is -1.48. The molecular formula is C14H19NO6. The number of ether oxygens (including phenoxy) is 1. The van der Waals surface area contributed by atoms with Crippen molar-refractivity contribution < 1.29 is 30.0 Å². The Morgan fingerprint density at radius 2 is 1.81 bits per heavy atom. The minimum absolute atomic E-state index is 0.360. The maximum Gasteiger partial charge on any atom is 0.251 e. The van der Waals surface area contributed by atoms with E-state index in [-0.39, 0.29) is 0 Å². The average molecular weight is 297 g/mol. The van der Waals surface area contributed by atoms with Gasteiger partial charge in [0.25, 0.3) is 5.91 Å². The first-order valence-electron chi connectivity index (χ1n) is 6.62. The second kappa shape index (κ2) is 6.50. The van der Waals surface area contributed by atoms with Gasteiger partial charge in [-0.1, -0.05) is 17.7 Å². The normalized spacial score (nSPS) is 32.7. The number of benzene rings is 1. The van der Waals surface area contributed by atoms with Crippen LogP contribution in [0.5, 0.6) is 0 Å². The van der Waals surface area contributed by atoms with Gasteiger partial charge in [0.05, 0.1) is 6.61 Å². The van der Waals surface area contributed by atoms with Crippen LogP contribution < -0.4 is 5.32 Å². The van der Waals surface area contributed by atoms with Crippen LogP contribution in [0.1, 0.15) is 15.9 Å². The molecule has 1 aliphatic rings. The Hall–Kier alpha value is -1.51. The third-order valence-corrected chi connectivity index (χ3v) is 3.51. The third-order valence-electron chi connectivity index (χ3n) is 3.51. The van der Waals surface area contributed by atoms with Gasteiger partial charge in [-0.3, -0.25) is 4.79 Å². The Kier molecular flexibility index (Phi) is 4.92. The van der Waals surface area contributed by atoms with Gasteiger partial charge in [0.2, 0.25) is 0 Å². The SMILES string of the molecule is Cc1ccc(C(=O)N[C@H]2C(O)OC(CO)[C@@H](O)C2O)cc1. The molecule has 1 aromatic carbocycles. The Morgan fingerprint density at radius 1 is 1.19 bits per heavy atom. The second-order valence-electron chi connectivity index (χ2n) is 5.09. The number of aliphatic hydroxyl groups is 4. The van der Waals surface area contributed by atoms with Crippen molar-refractivity contribution in [1.82, 2.24) is 5.32 Å². The molecule has 2 rings (SSSR count). The summed E-state index contributed by atoms with van der Waals surface area (Å²) < 4.78 is 4.97. The second-order valence-corrected chi connectivity index (χ2v) is 5.09. The molecule has 5 N–H and O–H groups in total. The van der Waals surface area contributed by atoms with Gasteiger partial charge in [0, 0.05) is 5.56 Å². The number of hydrogen-bond acceptors (Lipinski definition) is 6. The van der Waals surface area contributed by atoms with Crippen molar-refractivity contribution in [1.29, 1.82) is 0 Å². The lowest BCUT2D eigenvalue weighted by molar-refractivity contribution is -0.252. The Balaban J connectivity index is 2.07. The molecule has 116 valence electrons. The van der Waals surface area contributed by atoms with Crippen LogP contribution in [-0.2, 0) is 4.74 Å². The van der Waals surface area contributed by atoms with E-state index in [0.29, 0.717) is 5.56 Å². The number of carbonyl (C=O) groups excluding carboxylic acids is 1. The molecular weight excluding hydrogens is 278 g/mol. The molecule has 5 atom stereocenters. The van der Waals surface area contributed by atoms with Gasteiger partial charge in [-0.25, -0.2) is 0 Å². The molecule has 1 aliphatic heterocycles. The summed E-state index contributed by atoms with van der Waals surface area (Å²) in [6.45, 7) is 1.34. The van der Waals surface area contributed by atoms with E-state index >= 15 is 0 Å². The largest absolute Gasteiger partial charge is 0.394 e. The maximum atomic E-state index is 12.1. The monoisotopic (exact) mass is 297 g/mol. The van der Waals surface area contributed by atoms with Crippen LogP contribution in [0.15, 0.2) is 24.3 Å². The molecule has 0 spiro atoms. The van der Waals surface area contributed by atoms with Gasteiger partial charge in [0.15, 0.2) is 6.29 Å². The number of aliphatic hydroxyl groups excluding tert-OH is 4. The topological polar surface area (TPSA) is 119 Å². The zero-order valence-corrected chi connectivity index (χ0v) is 11.5. The highest BCUT2D eigenvalue weighted by Crippen LogP contribution is 2.20. The molecule has 1 aromatic rings. The van der Waals surface area contributed by atoms with E-state index in [9.17, 15) is 20.1 Å². The fourth-order valence-electron chi connectivity index (χ4n) is 2.19. The summed E-state index contributed by atoms with van der Waals surface area (Å²) in [7, 11) is 0. The van der Waals surface area contributed by atoms with E-state index in [0.717, 1.165) is 5.56 Å². The molecule has 3 unspecified atom stereocenters. The van der Waals surface area contributed by atoms with E-state index < -0.39 is 43.2 Å². The van der Waals surface area contributed by atoms with Crippen molar-refractivity contribution in [3.05, 3.63) is 35.4 Å². The zero-order valence-electron chi connectivity index (χ0n) is 11.5. The highest BCUT2D eigenvalue weighted by molar-refractivity contribution is 5.94. The third kappa shape index (κ3) is 3.39. The van der Waals surface area contributed by atoms with Gasteiger partial charge in [-0.2, -0.15) is 0 Å². The lowest BCUT2D eigenvalue weighted by Crippen LogP contribution is -2.64. The zero-order chi connectivity index (χ0) is 15.6. The van der Waals surface area contributed by atoms with Crippen molar-refractivity contribution in [3.63, 3.8) is 0 Å². The molecule has 21 heavy (non-hydrogen) atoms. The maximum absolute atomic E-state index is 12.1. The summed E-state index contributed by atoms with van der Waals surface area (Å²) in [6, 6.07) is 5.56. The predicted molar refractivity (Wildman–Crippen MR) is 72.4 cm³/mol. The fraction of sp³-hybridized carbons (Fsp3) is 0.500. The summed E-state index contributed by atoms with van der Waals surface area (Å²) in [5.74, 6) is -0.503. The molecule has 1 saturated heterocycles. The first-order valence-corrected chi connectivity index (χ1v) is 6.62. The average Bonchev–Trinajstić information content (AvgIpc) is 2.47. The number of nitrogens with one attached hydrogen (secondary N) is 1. The summed E-state index contributed by atoms with van der Waals surface area (Å²) in [4.78, 5) is 12.1. The highest BCUT2D eigenvalue weighted by atomic mass is 16.6. The Morgan fingerprint density at radius 3 is 2.38 bits per heavy atom. The van der Waals surface area contributed by atoms with E-state index in [1.165, 1.54) is 0 Å². The van der Waals surface area contributed by atoms with Crippen LogP contribution >= 0.6 is 0 Å². The van der Waals surface area contributed by atoms with Crippen LogP contribution in [0.2, 0.25) is 0 Å². The molecule has 7 nitrogen and oxygen atoms in total. The number of carbonyl (C=O) groups is 1. The van der Waals surface area contributed by atoms with Gasteiger partial charge in [0.1, 0.15) is 24.4 Å². The molecule has 0 radical (unpaired) electrons. The molecule has 7 heteroatoms. The molecule has 0 aliphatic carbocycles. The van der Waals surface area contributed by atoms with Gasteiger partial charge >= 0.3 is 0 Å². The molecule has 1 fully saturated rings. The quantitative estimate of drug-likeness (QED) is 0.464. The van der Waals surface area contributed by atoms with Crippen molar-refractivity contribution in [2.75, 3.05) is 6.61 Å². The lowest BCUT2D eigenvalue weighted by atomic mass is 9.96. The smallest absolute Gasteiger partial charge is 0.251 e. The number of amides is 1. The molecule has 0 saturated carbocycles. The van der Waals surface area contributed by atoms with Crippen LogP contribution in [0, 0.1) is 6.92 Å². The highest BCUT2D eigenvalue weighted by Gasteiger charge is 2.44. The summed E-state index contributed by atoms with van der Waals surface area (Å²) in [5.41, 5.74) is 1.35. The van der Waals surface area contributed by atoms with E-state index in [4.69, 9.17) is 9.84 Å². The van der Waals surface area contributed by atoms with Gasteiger partial charge in [-0.15, -0.1) is 0 Å². The van der Waals surface area contributed by atoms with Gasteiger partial charge in [-0.05, 0) is 19.1 Å². The molecule has 1 heterocycles. The van der Waals surface area contributed by atoms with Crippen molar-refractivity contribution in [2.24, 2.45) is 0 Å². The van der Waals surface area contributed by atoms with Crippen LogP contribution in [0.3, 0.4) is 0 Å². The molecule has 0 aromatic heterocycles. The van der Waals surface area contributed by atoms with Crippen molar-refractivity contribution in [2.45, 2.75) is 37.6 Å². The first kappa shape index (κ1) is 15.9. The summed E-state index contributed by atoms with van der Waals surface area (Å²) >= 11 is 0. The van der Waals surface area contributed by atoms with Crippen LogP contribution in [0.4, 0.5) is 0 Å². The van der Waals surface area contributed by atoms with Crippen LogP contribution in [-0.4, -0.2) is 63.6 Å². The number of aryl methyl sites for hydroxylation is 1. The van der Waals surface area contributed by atoms with Crippen molar-refractivity contribution >= 4 is 5.91 Å². The van der Waals surface area contributed by atoms with Gasteiger partial charge < -0.3 is 30.5 Å². The van der Waals surface area contributed by atoms with E-state index in [1.54, 1.807) is 24.3 Å². The minimum Gasteiger partial charge on any atom is -0.394 e. The molecule has 0 bridgehead atoms. The molecule has 1 amide bonds. The number of hydrogen-bond donors (Lipinski definition) is 5. The summed E-state index contributed by atoms with van der Waals surface area (Å²) in [6.07, 6.45) is -5.46. The summed E-state index contributed by atoms with van der Waals surface area (Å²) in [5, 5.41) is 40.9. The van der Waals surface area contributed by atoms with Crippen molar-refractivity contribution in [3.8, 4) is 0 Å². The minimum atomic E-state index is -1.52. The Bertz CT molecular complexity index is 491. The standard InChI is InChI=1S/C14H19NO6/c1-7-2-4-8(5-3-7)13(19)15-10-12(18)11(17)9(6-16)21-14(10)20/h2-5,9-12,14,16-18,20H,6H2,1H3,(H,15,19)/t9?,10-,11-,12?,14?/m1/s1. The van der Waals surface area contributed by atoms with E-state index in [2.05, 4.69) is 5.32 Å². The number of rotatable bonds is 3. The Labute approximate surface area is 121 Å². The fourth-order valence-corrected chi connectivity index (χ4v) is 2.19. The lowest BCUT2D eigenvalue weighted by Gasteiger charge is -2.40.